The van der Waals surface area contributed by atoms with E-state index in [0.29, 0.717) is 12.1 Å². The Labute approximate surface area is 108 Å². The molecule has 1 atom stereocenters. The van der Waals surface area contributed by atoms with Crippen molar-refractivity contribution in [1.29, 1.82) is 0 Å². The number of nitrogens with one attached hydrogen (secondary N) is 1. The van der Waals surface area contributed by atoms with Gasteiger partial charge in [0.1, 0.15) is 0 Å². The first kappa shape index (κ1) is 16.9. The number of ether oxygens (including phenoxy) is 1. The maximum Gasteiger partial charge on any atom is 0.0596 e. The summed E-state index contributed by atoms with van der Waals surface area (Å²) >= 11 is 0. The number of hydrogen-bond donors (Lipinski definition) is 1. The summed E-state index contributed by atoms with van der Waals surface area (Å²) in [6.45, 7) is 16.0. The molecule has 1 N–H and O–H groups in total. The molecule has 0 aliphatic carbocycles. The Morgan fingerprint density at radius 1 is 1.18 bits per heavy atom. The van der Waals surface area contributed by atoms with Crippen LogP contribution in [0.15, 0.2) is 0 Å². The molecule has 0 rings (SSSR count). The minimum atomic E-state index is 0.221. The molecule has 0 saturated carbocycles. The Kier molecular flexibility index (Phi) is 8.01. The fourth-order valence-electron chi connectivity index (χ4n) is 1.53. The SMILES string of the molecule is CC(C)OCCN(C)C(C)CCNC(C)(C)C. The lowest BCUT2D eigenvalue weighted by atomic mass is 10.1. The quantitative estimate of drug-likeness (QED) is 0.710. The van der Waals surface area contributed by atoms with Crippen molar-refractivity contribution in [3.05, 3.63) is 0 Å². The number of rotatable bonds is 8. The van der Waals surface area contributed by atoms with Crippen LogP contribution < -0.4 is 5.32 Å². The first-order valence-electron chi connectivity index (χ1n) is 6.79. The Balaban J connectivity index is 3.63. The van der Waals surface area contributed by atoms with Crippen molar-refractivity contribution in [1.82, 2.24) is 10.2 Å². The van der Waals surface area contributed by atoms with Gasteiger partial charge in [0.15, 0.2) is 0 Å². The molecule has 0 aromatic heterocycles. The Morgan fingerprint density at radius 2 is 1.76 bits per heavy atom. The van der Waals surface area contributed by atoms with Gasteiger partial charge in [-0.1, -0.05) is 0 Å². The second-order valence-corrected chi connectivity index (χ2v) is 6.21. The summed E-state index contributed by atoms with van der Waals surface area (Å²) in [5.41, 5.74) is 0.221. The maximum atomic E-state index is 5.56. The first-order valence-corrected chi connectivity index (χ1v) is 6.79. The average Bonchev–Trinajstić information content (AvgIpc) is 2.14. The number of nitrogens with zero attached hydrogens (tertiary/aromatic N) is 1. The van der Waals surface area contributed by atoms with Crippen LogP contribution in [0.4, 0.5) is 0 Å². The molecule has 0 aromatic carbocycles. The largest absolute Gasteiger partial charge is 0.377 e. The molecular formula is C14H32N2O. The third-order valence-electron chi connectivity index (χ3n) is 2.87. The predicted molar refractivity (Wildman–Crippen MR) is 75.6 cm³/mol. The normalized spacial score (nSPS) is 14.6. The molecular weight excluding hydrogens is 212 g/mol. The van der Waals surface area contributed by atoms with Gasteiger partial charge >= 0.3 is 0 Å². The van der Waals surface area contributed by atoms with Crippen LogP contribution >= 0.6 is 0 Å². The molecule has 0 aromatic rings. The highest BCUT2D eigenvalue weighted by Crippen LogP contribution is 2.03. The summed E-state index contributed by atoms with van der Waals surface area (Å²) < 4.78 is 5.56. The third-order valence-corrected chi connectivity index (χ3v) is 2.87. The van der Waals surface area contributed by atoms with E-state index in [-0.39, 0.29) is 5.54 Å². The highest BCUT2D eigenvalue weighted by molar-refractivity contribution is 4.72. The van der Waals surface area contributed by atoms with E-state index >= 15 is 0 Å². The summed E-state index contributed by atoms with van der Waals surface area (Å²) in [6.07, 6.45) is 1.51. The van der Waals surface area contributed by atoms with Crippen LogP contribution in [0.5, 0.6) is 0 Å². The Morgan fingerprint density at radius 3 is 2.24 bits per heavy atom. The molecule has 0 amide bonds. The van der Waals surface area contributed by atoms with Crippen molar-refractivity contribution < 1.29 is 4.74 Å². The van der Waals surface area contributed by atoms with Gasteiger partial charge < -0.3 is 15.0 Å². The molecule has 0 spiro atoms. The van der Waals surface area contributed by atoms with Gasteiger partial charge in [-0.3, -0.25) is 0 Å². The van der Waals surface area contributed by atoms with E-state index < -0.39 is 0 Å². The molecule has 0 heterocycles. The Bertz CT molecular complexity index is 187. The molecule has 0 fully saturated rings. The van der Waals surface area contributed by atoms with Crippen molar-refractivity contribution in [3.63, 3.8) is 0 Å². The molecule has 0 aliphatic heterocycles. The van der Waals surface area contributed by atoms with E-state index in [1.165, 1.54) is 6.42 Å². The standard InChI is InChI=1S/C14H32N2O/c1-12(2)17-11-10-16(7)13(3)8-9-15-14(4,5)6/h12-13,15H,8-11H2,1-7H3. The van der Waals surface area contributed by atoms with Crippen molar-refractivity contribution in [2.24, 2.45) is 0 Å². The molecule has 0 bridgehead atoms. The van der Waals surface area contributed by atoms with Crippen LogP contribution in [0.1, 0.15) is 48.0 Å². The zero-order valence-corrected chi connectivity index (χ0v) is 12.8. The number of hydrogen-bond acceptors (Lipinski definition) is 3. The molecule has 1 unspecified atom stereocenters. The monoisotopic (exact) mass is 244 g/mol. The molecule has 3 heteroatoms. The van der Waals surface area contributed by atoms with Crippen molar-refractivity contribution in [2.75, 3.05) is 26.7 Å². The minimum absolute atomic E-state index is 0.221. The third kappa shape index (κ3) is 10.7. The summed E-state index contributed by atoms with van der Waals surface area (Å²) in [7, 11) is 2.17. The summed E-state index contributed by atoms with van der Waals surface area (Å²) in [5, 5.41) is 3.52. The highest BCUT2D eigenvalue weighted by atomic mass is 16.5. The fourth-order valence-corrected chi connectivity index (χ4v) is 1.53. The van der Waals surface area contributed by atoms with Crippen LogP contribution in [-0.2, 0) is 4.74 Å². The van der Waals surface area contributed by atoms with Crippen LogP contribution in [0.3, 0.4) is 0 Å². The van der Waals surface area contributed by atoms with E-state index in [1.54, 1.807) is 0 Å². The minimum Gasteiger partial charge on any atom is -0.377 e. The first-order chi connectivity index (χ1) is 7.72. The van der Waals surface area contributed by atoms with Gasteiger partial charge in [-0.05, 0) is 61.6 Å². The van der Waals surface area contributed by atoms with Crippen molar-refractivity contribution in [2.45, 2.75) is 65.6 Å². The van der Waals surface area contributed by atoms with Gasteiger partial charge in [-0.2, -0.15) is 0 Å². The maximum absolute atomic E-state index is 5.56. The Hall–Kier alpha value is -0.120. The van der Waals surface area contributed by atoms with Gasteiger partial charge in [0.2, 0.25) is 0 Å². The van der Waals surface area contributed by atoms with Gasteiger partial charge in [0.05, 0.1) is 12.7 Å². The van der Waals surface area contributed by atoms with Gasteiger partial charge in [0, 0.05) is 18.1 Å². The highest BCUT2D eigenvalue weighted by Gasteiger charge is 2.12. The molecule has 3 nitrogen and oxygen atoms in total. The lowest BCUT2D eigenvalue weighted by molar-refractivity contribution is 0.0564. The van der Waals surface area contributed by atoms with Crippen LogP contribution in [0.25, 0.3) is 0 Å². The average molecular weight is 244 g/mol. The smallest absolute Gasteiger partial charge is 0.0596 e. The van der Waals surface area contributed by atoms with Crippen molar-refractivity contribution >= 4 is 0 Å². The fraction of sp³-hybridized carbons (Fsp3) is 1.00. The van der Waals surface area contributed by atoms with E-state index in [0.717, 1.165) is 19.7 Å². The summed E-state index contributed by atoms with van der Waals surface area (Å²) in [4.78, 5) is 2.37. The molecule has 0 saturated heterocycles. The van der Waals surface area contributed by atoms with Gasteiger partial charge in [0.25, 0.3) is 0 Å². The predicted octanol–water partition coefficient (Wildman–Crippen LogP) is 2.51. The second-order valence-electron chi connectivity index (χ2n) is 6.21. The van der Waals surface area contributed by atoms with E-state index in [1.807, 2.05) is 0 Å². The molecule has 0 aliphatic rings. The van der Waals surface area contributed by atoms with Gasteiger partial charge in [-0.25, -0.2) is 0 Å². The molecule has 104 valence electrons. The second kappa shape index (κ2) is 8.06. The molecule has 17 heavy (non-hydrogen) atoms. The zero-order chi connectivity index (χ0) is 13.5. The lowest BCUT2D eigenvalue weighted by Gasteiger charge is -2.27. The van der Waals surface area contributed by atoms with Crippen LogP contribution in [0, 0.1) is 0 Å². The van der Waals surface area contributed by atoms with Crippen LogP contribution in [-0.4, -0.2) is 49.3 Å². The summed E-state index contributed by atoms with van der Waals surface area (Å²) in [5.74, 6) is 0. The summed E-state index contributed by atoms with van der Waals surface area (Å²) in [6, 6.07) is 0.598. The van der Waals surface area contributed by atoms with E-state index in [2.05, 4.69) is 58.8 Å². The topological polar surface area (TPSA) is 24.5 Å². The lowest BCUT2D eigenvalue weighted by Crippen LogP contribution is -2.40. The van der Waals surface area contributed by atoms with Gasteiger partial charge in [-0.15, -0.1) is 0 Å². The van der Waals surface area contributed by atoms with E-state index in [9.17, 15) is 0 Å². The zero-order valence-electron chi connectivity index (χ0n) is 12.8. The van der Waals surface area contributed by atoms with Crippen molar-refractivity contribution in [3.8, 4) is 0 Å². The van der Waals surface area contributed by atoms with Crippen LogP contribution in [0.2, 0.25) is 0 Å². The van der Waals surface area contributed by atoms with E-state index in [4.69, 9.17) is 4.74 Å². The number of likely N-dealkylation sites (N-methyl/N-ethyl adjacent to an activating group) is 1. The molecule has 0 radical (unpaired) electrons.